The molecule has 0 N–H and O–H groups in total. The molecular weight excluding hydrogens is 347 g/mol. The third kappa shape index (κ3) is 3.33. The average Bonchev–Trinajstić information content (AvgIpc) is 2.96. The second kappa shape index (κ2) is 8.11. The minimum atomic E-state index is -2.15. The monoisotopic (exact) mass is 372 g/mol. The number of hydrogen-bond acceptors (Lipinski definition) is 1. The summed E-state index contributed by atoms with van der Waals surface area (Å²) in [6.45, 7) is -2.15. The largest absolute Gasteiger partial charge is 0.294 e. The van der Waals surface area contributed by atoms with E-state index in [0.29, 0.717) is 12.2 Å². The van der Waals surface area contributed by atoms with Gasteiger partial charge in [0.15, 0.2) is 5.78 Å². The van der Waals surface area contributed by atoms with Gasteiger partial charge in [-0.25, -0.2) is 0 Å². The number of benzene rings is 3. The van der Waals surface area contributed by atoms with E-state index in [1.165, 1.54) is 15.9 Å². The number of Topliss-reactive ketones (excluding diaryl/α,β-unsaturated/α-hetero) is 1. The fraction of sp³-hybridized carbons (Fsp3) is 0.200. The molecule has 3 aromatic carbocycles. The molecule has 1 aliphatic rings. The predicted octanol–water partition coefficient (Wildman–Crippen LogP) is 4.69. The lowest BCUT2D eigenvalue weighted by molar-refractivity contribution is -0.112. The molecule has 27 heavy (non-hydrogen) atoms. The summed E-state index contributed by atoms with van der Waals surface area (Å²) < 4.78 is 0. The molecule has 3 aromatic rings. The van der Waals surface area contributed by atoms with Gasteiger partial charge in [-0.05, 0) is 42.1 Å². The van der Waals surface area contributed by atoms with Crippen LogP contribution in [0.4, 0.5) is 0 Å². The molecule has 0 amide bonds. The zero-order chi connectivity index (χ0) is 18.5. The normalized spacial score (nSPS) is 15.4. The van der Waals surface area contributed by atoms with E-state index in [1.54, 1.807) is 0 Å². The Kier molecular flexibility index (Phi) is 5.41. The van der Waals surface area contributed by atoms with Crippen molar-refractivity contribution in [1.29, 1.82) is 0 Å². The van der Waals surface area contributed by atoms with Gasteiger partial charge in [0.25, 0.3) is 0 Å². The maximum absolute atomic E-state index is 13.4. The van der Waals surface area contributed by atoms with Crippen LogP contribution in [0.25, 0.3) is 0 Å². The lowest BCUT2D eigenvalue weighted by Crippen LogP contribution is -2.33. The van der Waals surface area contributed by atoms with Crippen molar-refractivity contribution >= 4 is 33.9 Å². The Labute approximate surface area is 162 Å². The molecule has 0 aliphatic heterocycles. The summed E-state index contributed by atoms with van der Waals surface area (Å²) in [7, 11) is 0. The van der Waals surface area contributed by atoms with Crippen molar-refractivity contribution < 1.29 is 4.79 Å². The summed E-state index contributed by atoms with van der Waals surface area (Å²) in [5.41, 5.74) is 0. The number of rotatable bonds is 3. The van der Waals surface area contributed by atoms with E-state index >= 15 is 0 Å². The Morgan fingerprint density at radius 2 is 0.926 bits per heavy atom. The molecule has 1 saturated carbocycles. The Morgan fingerprint density at radius 1 is 0.519 bits per heavy atom. The molecule has 0 radical (unpaired) electrons. The molecule has 0 saturated heterocycles. The summed E-state index contributed by atoms with van der Waals surface area (Å²) in [6.07, 6.45) is 4.86. The van der Waals surface area contributed by atoms with Gasteiger partial charge in [-0.2, -0.15) is 0 Å². The van der Waals surface area contributed by atoms with Gasteiger partial charge in [0.2, 0.25) is 0 Å². The number of carbonyl (C=O) groups is 1. The van der Waals surface area contributed by atoms with Crippen molar-refractivity contribution in [3.63, 3.8) is 0 Å². The first-order chi connectivity index (χ1) is 13.3. The highest BCUT2D eigenvalue weighted by atomic mass is 31.2. The van der Waals surface area contributed by atoms with Crippen LogP contribution < -0.4 is 15.9 Å². The standard InChI is InChI=1S/C25H25OP/c26-24-19-11-4-12-20-25(24)27(21-13-5-1-6-14-21,22-15-7-2-8-16-22)23-17-9-3-10-18-23/h1-3,5-10,13-18H,4,11-12,19-20H2. The minimum absolute atomic E-state index is 0.373. The van der Waals surface area contributed by atoms with E-state index in [-0.39, 0.29) is 0 Å². The van der Waals surface area contributed by atoms with Gasteiger partial charge in [0.05, 0.1) is 0 Å². The maximum atomic E-state index is 13.4. The summed E-state index contributed by atoms with van der Waals surface area (Å²) in [6, 6.07) is 32.2. The van der Waals surface area contributed by atoms with Crippen LogP contribution >= 0.6 is 6.89 Å². The molecule has 1 nitrogen and oxygen atoms in total. The Balaban J connectivity index is 2.18. The van der Waals surface area contributed by atoms with Crippen LogP contribution in [0.1, 0.15) is 32.1 Å². The number of hydrogen-bond donors (Lipinski definition) is 0. The third-order valence-electron chi connectivity index (χ3n) is 5.47. The number of carbonyl (C=O) groups excluding carboxylic acids is 1. The van der Waals surface area contributed by atoms with Crippen LogP contribution in [-0.4, -0.2) is 11.1 Å². The van der Waals surface area contributed by atoms with E-state index in [9.17, 15) is 4.79 Å². The molecule has 0 unspecified atom stereocenters. The second-order valence-corrected chi connectivity index (χ2v) is 10.5. The molecule has 0 atom stereocenters. The lowest BCUT2D eigenvalue weighted by atomic mass is 10.2. The van der Waals surface area contributed by atoms with Gasteiger partial charge in [-0.1, -0.05) is 97.4 Å². The predicted molar refractivity (Wildman–Crippen MR) is 118 cm³/mol. The lowest BCUT2D eigenvalue weighted by Gasteiger charge is -2.32. The maximum Gasteiger partial charge on any atom is 0.159 e. The molecule has 0 aromatic heterocycles. The van der Waals surface area contributed by atoms with Crippen molar-refractivity contribution in [3.8, 4) is 0 Å². The van der Waals surface area contributed by atoms with E-state index in [2.05, 4.69) is 91.0 Å². The molecule has 136 valence electrons. The molecule has 0 spiro atoms. The fourth-order valence-electron chi connectivity index (χ4n) is 4.26. The molecule has 1 aliphatic carbocycles. The molecular formula is C25H25OP. The van der Waals surface area contributed by atoms with Gasteiger partial charge in [-0.15, -0.1) is 0 Å². The van der Waals surface area contributed by atoms with Gasteiger partial charge >= 0.3 is 0 Å². The van der Waals surface area contributed by atoms with E-state index in [4.69, 9.17) is 0 Å². The molecule has 4 rings (SSSR count). The van der Waals surface area contributed by atoms with Crippen LogP contribution in [0.3, 0.4) is 0 Å². The summed E-state index contributed by atoms with van der Waals surface area (Å²) >= 11 is 0. The SMILES string of the molecule is O=C1CCCCCC1=P(c1ccccc1)(c1ccccc1)c1ccccc1. The minimum Gasteiger partial charge on any atom is -0.294 e. The van der Waals surface area contributed by atoms with E-state index < -0.39 is 6.89 Å². The first-order valence-electron chi connectivity index (χ1n) is 9.79. The quantitative estimate of drug-likeness (QED) is 0.482. The number of ketones is 1. The Bertz CT molecular complexity index is 856. The van der Waals surface area contributed by atoms with Crippen LogP contribution in [0.2, 0.25) is 0 Å². The van der Waals surface area contributed by atoms with Gasteiger partial charge in [-0.3, -0.25) is 4.79 Å². The molecule has 0 bridgehead atoms. The Hall–Kier alpha value is -2.37. The topological polar surface area (TPSA) is 17.1 Å². The smallest absolute Gasteiger partial charge is 0.159 e. The summed E-state index contributed by atoms with van der Waals surface area (Å²) in [5, 5.41) is 5.01. The third-order valence-corrected chi connectivity index (χ3v) is 9.98. The first-order valence-corrected chi connectivity index (χ1v) is 11.6. The van der Waals surface area contributed by atoms with Gasteiger partial charge in [0.1, 0.15) is 0 Å². The van der Waals surface area contributed by atoms with Crippen LogP contribution in [0.5, 0.6) is 0 Å². The second-order valence-electron chi connectivity index (χ2n) is 7.11. The zero-order valence-corrected chi connectivity index (χ0v) is 16.4. The van der Waals surface area contributed by atoms with Crippen LogP contribution in [0, 0.1) is 0 Å². The van der Waals surface area contributed by atoms with E-state index in [1.807, 2.05) is 0 Å². The van der Waals surface area contributed by atoms with Crippen molar-refractivity contribution in [2.75, 3.05) is 0 Å². The van der Waals surface area contributed by atoms with Crippen molar-refractivity contribution in [2.45, 2.75) is 32.1 Å². The Morgan fingerprint density at radius 3 is 1.37 bits per heavy atom. The first kappa shape index (κ1) is 18.0. The molecule has 1 fully saturated rings. The molecule has 2 heteroatoms. The van der Waals surface area contributed by atoms with Crippen molar-refractivity contribution in [2.24, 2.45) is 0 Å². The summed E-state index contributed by atoms with van der Waals surface area (Å²) in [4.78, 5) is 13.4. The highest BCUT2D eigenvalue weighted by Gasteiger charge is 2.32. The summed E-state index contributed by atoms with van der Waals surface area (Å²) in [5.74, 6) is 0.373. The van der Waals surface area contributed by atoms with E-state index in [0.717, 1.165) is 31.0 Å². The van der Waals surface area contributed by atoms with Crippen LogP contribution in [-0.2, 0) is 4.79 Å². The zero-order valence-electron chi connectivity index (χ0n) is 15.6. The highest BCUT2D eigenvalue weighted by Crippen LogP contribution is 2.48. The van der Waals surface area contributed by atoms with Crippen LogP contribution in [0.15, 0.2) is 91.0 Å². The van der Waals surface area contributed by atoms with Crippen molar-refractivity contribution in [1.82, 2.24) is 0 Å². The van der Waals surface area contributed by atoms with Crippen molar-refractivity contribution in [3.05, 3.63) is 91.0 Å². The van der Waals surface area contributed by atoms with Gasteiger partial charge < -0.3 is 0 Å². The average molecular weight is 372 g/mol. The highest BCUT2D eigenvalue weighted by molar-refractivity contribution is 7.96. The van der Waals surface area contributed by atoms with Gasteiger partial charge in [0, 0.05) is 11.7 Å². The fourth-order valence-corrected chi connectivity index (χ4v) is 8.93. The molecule has 0 heterocycles.